The van der Waals surface area contributed by atoms with Gasteiger partial charge in [-0.3, -0.25) is 4.90 Å². The Morgan fingerprint density at radius 2 is 2.05 bits per heavy atom. The average molecular weight is 282 g/mol. The van der Waals surface area contributed by atoms with Crippen molar-refractivity contribution in [3.63, 3.8) is 0 Å². The topological polar surface area (TPSA) is 38.5 Å². The summed E-state index contributed by atoms with van der Waals surface area (Å²) in [5, 5.41) is 0. The molecule has 0 bridgehead atoms. The van der Waals surface area contributed by atoms with Gasteiger partial charge in [0.15, 0.2) is 0 Å². The number of fused-ring (bicyclic) bond motifs is 1. The summed E-state index contributed by atoms with van der Waals surface area (Å²) < 4.78 is 5.85. The maximum absolute atomic E-state index is 6.07. The minimum Gasteiger partial charge on any atom is -0.492 e. The molecule has 0 amide bonds. The number of hydrogen-bond acceptors (Lipinski definition) is 3. The Morgan fingerprint density at radius 3 is 2.86 bits per heavy atom. The molecule has 0 radical (unpaired) electrons. The second-order valence-corrected chi connectivity index (χ2v) is 5.59. The summed E-state index contributed by atoms with van der Waals surface area (Å²) in [7, 11) is 0. The predicted octanol–water partition coefficient (Wildman–Crippen LogP) is 2.89. The van der Waals surface area contributed by atoms with Gasteiger partial charge in [-0.25, -0.2) is 0 Å². The summed E-state index contributed by atoms with van der Waals surface area (Å²) >= 11 is 0. The zero-order valence-corrected chi connectivity index (χ0v) is 12.5. The Morgan fingerprint density at radius 1 is 1.19 bits per heavy atom. The molecule has 1 unspecified atom stereocenters. The van der Waals surface area contributed by atoms with E-state index in [2.05, 4.69) is 48.2 Å². The molecule has 3 heteroatoms. The molecule has 0 saturated heterocycles. The highest BCUT2D eigenvalue weighted by atomic mass is 16.5. The first kappa shape index (κ1) is 14.1. The summed E-state index contributed by atoms with van der Waals surface area (Å²) in [6, 6.07) is 17.1. The summed E-state index contributed by atoms with van der Waals surface area (Å²) in [6.45, 7) is 5.22. The van der Waals surface area contributed by atoms with E-state index >= 15 is 0 Å². The normalized spacial score (nSPS) is 16.7. The number of rotatable bonds is 3. The summed E-state index contributed by atoms with van der Waals surface area (Å²) in [5.41, 5.74) is 9.88. The van der Waals surface area contributed by atoms with E-state index in [1.165, 1.54) is 16.7 Å². The number of ether oxygens (including phenoxy) is 1. The van der Waals surface area contributed by atoms with Gasteiger partial charge in [0, 0.05) is 31.2 Å². The van der Waals surface area contributed by atoms with Crippen LogP contribution in [-0.2, 0) is 6.54 Å². The first-order valence-corrected chi connectivity index (χ1v) is 7.49. The van der Waals surface area contributed by atoms with E-state index < -0.39 is 0 Å². The van der Waals surface area contributed by atoms with Gasteiger partial charge in [-0.2, -0.15) is 0 Å². The van der Waals surface area contributed by atoms with Crippen LogP contribution in [0.3, 0.4) is 0 Å². The minimum atomic E-state index is 0.236. The second kappa shape index (κ2) is 6.29. The lowest BCUT2D eigenvalue weighted by Crippen LogP contribution is -2.35. The summed E-state index contributed by atoms with van der Waals surface area (Å²) in [5.74, 6) is 1.00. The van der Waals surface area contributed by atoms with Crippen LogP contribution in [0.4, 0.5) is 0 Å². The van der Waals surface area contributed by atoms with Crippen LogP contribution >= 0.6 is 0 Å². The second-order valence-electron chi connectivity index (χ2n) is 5.59. The molecule has 2 aromatic carbocycles. The maximum atomic E-state index is 6.07. The van der Waals surface area contributed by atoms with E-state index in [9.17, 15) is 0 Å². The molecule has 3 rings (SSSR count). The molecule has 1 atom stereocenters. The highest BCUT2D eigenvalue weighted by Crippen LogP contribution is 2.28. The lowest BCUT2D eigenvalue weighted by Gasteiger charge is -2.29. The molecule has 21 heavy (non-hydrogen) atoms. The molecule has 1 aliphatic rings. The Labute approximate surface area is 126 Å². The van der Waals surface area contributed by atoms with Crippen molar-refractivity contribution < 1.29 is 4.74 Å². The first-order chi connectivity index (χ1) is 10.3. The molecule has 0 aromatic heterocycles. The van der Waals surface area contributed by atoms with E-state index in [4.69, 9.17) is 10.5 Å². The molecule has 3 nitrogen and oxygen atoms in total. The third-order valence-electron chi connectivity index (χ3n) is 4.07. The number of nitrogens with two attached hydrogens (primary N) is 1. The van der Waals surface area contributed by atoms with Gasteiger partial charge in [0.05, 0.1) is 0 Å². The molecular formula is C18H22N2O. The molecule has 2 N–H and O–H groups in total. The Bertz CT molecular complexity index is 612. The van der Waals surface area contributed by atoms with Crippen LogP contribution in [0, 0.1) is 6.92 Å². The standard InChI is InChI=1S/C18H22N2O/c1-14-5-4-7-15(11-14)17(12-19)20-9-10-21-18-8-3-2-6-16(18)13-20/h2-8,11,17H,9-10,12-13,19H2,1H3. The van der Waals surface area contributed by atoms with Gasteiger partial charge in [0.1, 0.15) is 12.4 Å². The number of aryl methyl sites for hydroxylation is 1. The molecule has 110 valence electrons. The first-order valence-electron chi connectivity index (χ1n) is 7.49. The summed E-state index contributed by atoms with van der Waals surface area (Å²) in [4.78, 5) is 2.42. The zero-order valence-electron chi connectivity index (χ0n) is 12.5. The van der Waals surface area contributed by atoms with Crippen LogP contribution in [0.2, 0.25) is 0 Å². The van der Waals surface area contributed by atoms with Crippen molar-refractivity contribution in [2.75, 3.05) is 19.7 Å². The van der Waals surface area contributed by atoms with Crippen molar-refractivity contribution in [1.29, 1.82) is 0 Å². The zero-order chi connectivity index (χ0) is 14.7. The van der Waals surface area contributed by atoms with Crippen LogP contribution in [-0.4, -0.2) is 24.6 Å². The van der Waals surface area contributed by atoms with Crippen molar-refractivity contribution in [3.8, 4) is 5.75 Å². The number of hydrogen-bond donors (Lipinski definition) is 1. The quantitative estimate of drug-likeness (QED) is 0.940. The van der Waals surface area contributed by atoms with Crippen LogP contribution in [0.15, 0.2) is 48.5 Å². The number of benzene rings is 2. The minimum absolute atomic E-state index is 0.236. The van der Waals surface area contributed by atoms with E-state index in [0.29, 0.717) is 13.2 Å². The SMILES string of the molecule is Cc1cccc(C(CN)N2CCOc3ccccc3C2)c1. The molecule has 0 fully saturated rings. The lowest BCUT2D eigenvalue weighted by molar-refractivity contribution is 0.173. The third kappa shape index (κ3) is 3.09. The van der Waals surface area contributed by atoms with Crippen LogP contribution in [0.25, 0.3) is 0 Å². The van der Waals surface area contributed by atoms with E-state index in [-0.39, 0.29) is 6.04 Å². The van der Waals surface area contributed by atoms with Gasteiger partial charge < -0.3 is 10.5 Å². The highest BCUT2D eigenvalue weighted by Gasteiger charge is 2.23. The van der Waals surface area contributed by atoms with Crippen molar-refractivity contribution in [2.24, 2.45) is 5.73 Å². The smallest absolute Gasteiger partial charge is 0.123 e. The van der Waals surface area contributed by atoms with Crippen molar-refractivity contribution in [3.05, 3.63) is 65.2 Å². The summed E-state index contributed by atoms with van der Waals surface area (Å²) in [6.07, 6.45) is 0. The van der Waals surface area contributed by atoms with Crippen molar-refractivity contribution in [2.45, 2.75) is 19.5 Å². The molecule has 1 heterocycles. The molecule has 0 aliphatic carbocycles. The van der Waals surface area contributed by atoms with Gasteiger partial charge >= 0.3 is 0 Å². The fourth-order valence-corrected chi connectivity index (χ4v) is 2.99. The van der Waals surface area contributed by atoms with Crippen LogP contribution in [0.1, 0.15) is 22.7 Å². The maximum Gasteiger partial charge on any atom is 0.123 e. The fourth-order valence-electron chi connectivity index (χ4n) is 2.99. The molecular weight excluding hydrogens is 260 g/mol. The van der Waals surface area contributed by atoms with E-state index in [1.54, 1.807) is 0 Å². The molecule has 0 spiro atoms. The van der Waals surface area contributed by atoms with Gasteiger partial charge in [-0.1, -0.05) is 48.0 Å². The van der Waals surface area contributed by atoms with E-state index in [0.717, 1.165) is 18.8 Å². The van der Waals surface area contributed by atoms with Gasteiger partial charge in [-0.15, -0.1) is 0 Å². The van der Waals surface area contributed by atoms with Gasteiger partial charge in [-0.05, 0) is 18.6 Å². The van der Waals surface area contributed by atoms with Gasteiger partial charge in [0.25, 0.3) is 0 Å². The Kier molecular flexibility index (Phi) is 4.23. The Balaban J connectivity index is 1.88. The van der Waals surface area contributed by atoms with Crippen LogP contribution < -0.4 is 10.5 Å². The van der Waals surface area contributed by atoms with Gasteiger partial charge in [0.2, 0.25) is 0 Å². The fraction of sp³-hybridized carbons (Fsp3) is 0.333. The van der Waals surface area contributed by atoms with Crippen molar-refractivity contribution in [1.82, 2.24) is 4.90 Å². The van der Waals surface area contributed by atoms with Crippen LogP contribution in [0.5, 0.6) is 5.75 Å². The molecule has 2 aromatic rings. The number of nitrogens with zero attached hydrogens (tertiary/aromatic N) is 1. The molecule has 0 saturated carbocycles. The van der Waals surface area contributed by atoms with E-state index in [1.807, 2.05) is 12.1 Å². The lowest BCUT2D eigenvalue weighted by atomic mass is 10.0. The largest absolute Gasteiger partial charge is 0.492 e. The monoisotopic (exact) mass is 282 g/mol. The van der Waals surface area contributed by atoms with Crippen molar-refractivity contribution >= 4 is 0 Å². The number of para-hydroxylation sites is 1. The third-order valence-corrected chi connectivity index (χ3v) is 4.07. The predicted molar refractivity (Wildman–Crippen MR) is 85.3 cm³/mol. The Hall–Kier alpha value is -1.84. The highest BCUT2D eigenvalue weighted by molar-refractivity contribution is 5.34. The average Bonchev–Trinajstić information content (AvgIpc) is 2.70. The molecule has 1 aliphatic heterocycles.